The van der Waals surface area contributed by atoms with Gasteiger partial charge in [-0.2, -0.15) is 0 Å². The molecule has 3 N–H and O–H groups in total. The van der Waals surface area contributed by atoms with Gasteiger partial charge in [0, 0.05) is 37.9 Å². The number of carboxylic acids is 2. The number of carbonyl (C=O) groups is 2. The Balaban J connectivity index is 0.000000480. The van der Waals surface area contributed by atoms with Crippen molar-refractivity contribution in [3.63, 3.8) is 0 Å². The molecule has 1 aliphatic carbocycles. The summed E-state index contributed by atoms with van der Waals surface area (Å²) in [5.74, 6) is -2.81. The Morgan fingerprint density at radius 3 is 2.43 bits per heavy atom. The molecule has 2 bridgehead atoms. The van der Waals surface area contributed by atoms with Crippen LogP contribution in [0, 0.1) is 23.7 Å². The number of hydrogen-bond acceptors (Lipinski definition) is 9. The third-order valence-electron chi connectivity index (χ3n) is 8.89. The molecule has 0 aromatic rings. The quantitative estimate of drug-likeness (QED) is 0.255. The SMILES string of the molecule is C[C@H]1[C@@H](OCCNCCN2CCCCC2)O[C@@H]2O[C@@]3(C)CC[C@H]4[C@H](C)CC[C@@H]1[C@@]24OO3.O=C(O)C(=O)O. The predicted octanol–water partition coefficient (Wildman–Crippen LogP) is 2.44. The fourth-order valence-corrected chi connectivity index (χ4v) is 6.86. The first-order valence-corrected chi connectivity index (χ1v) is 13.9. The molecule has 6 rings (SSSR count). The van der Waals surface area contributed by atoms with Gasteiger partial charge in [0.2, 0.25) is 5.79 Å². The van der Waals surface area contributed by atoms with Crippen molar-refractivity contribution in [2.75, 3.05) is 39.3 Å². The second kappa shape index (κ2) is 12.2. The fourth-order valence-electron chi connectivity index (χ4n) is 6.86. The van der Waals surface area contributed by atoms with E-state index in [1.54, 1.807) is 0 Å². The molecular weight excluding hydrogens is 484 g/mol. The van der Waals surface area contributed by atoms with Crippen molar-refractivity contribution in [2.24, 2.45) is 23.7 Å². The van der Waals surface area contributed by atoms with Crippen LogP contribution in [0.4, 0.5) is 0 Å². The van der Waals surface area contributed by atoms with Crippen molar-refractivity contribution in [1.82, 2.24) is 10.2 Å². The summed E-state index contributed by atoms with van der Waals surface area (Å²) < 4.78 is 19.1. The molecule has 11 heteroatoms. The zero-order valence-corrected chi connectivity index (χ0v) is 22.4. The molecule has 11 nitrogen and oxygen atoms in total. The van der Waals surface area contributed by atoms with Gasteiger partial charge < -0.3 is 34.6 Å². The average Bonchev–Trinajstić information content (AvgIpc) is 3.11. The third-order valence-corrected chi connectivity index (χ3v) is 8.89. The Morgan fingerprint density at radius 1 is 1.00 bits per heavy atom. The van der Waals surface area contributed by atoms with Crippen molar-refractivity contribution < 1.29 is 43.8 Å². The van der Waals surface area contributed by atoms with Gasteiger partial charge in [-0.05, 0) is 64.0 Å². The number of nitrogens with one attached hydrogen (secondary N) is 1. The van der Waals surface area contributed by atoms with E-state index in [4.69, 9.17) is 43.8 Å². The van der Waals surface area contributed by atoms with Gasteiger partial charge in [-0.1, -0.05) is 20.3 Å². The first-order chi connectivity index (χ1) is 17.7. The van der Waals surface area contributed by atoms with Crippen molar-refractivity contribution in [3.8, 4) is 0 Å². The minimum absolute atomic E-state index is 0.245. The summed E-state index contributed by atoms with van der Waals surface area (Å²) in [7, 11) is 0. The van der Waals surface area contributed by atoms with E-state index < -0.39 is 29.6 Å². The normalized spacial score (nSPS) is 41.2. The van der Waals surface area contributed by atoms with E-state index in [0.717, 1.165) is 38.9 Å². The van der Waals surface area contributed by atoms with E-state index in [1.165, 1.54) is 38.8 Å². The van der Waals surface area contributed by atoms with Gasteiger partial charge in [0.25, 0.3) is 0 Å². The molecule has 37 heavy (non-hydrogen) atoms. The summed E-state index contributed by atoms with van der Waals surface area (Å²) in [6.45, 7) is 12.7. The maximum absolute atomic E-state index is 9.10. The maximum Gasteiger partial charge on any atom is 0.414 e. The summed E-state index contributed by atoms with van der Waals surface area (Å²) in [5.41, 5.74) is -0.500. The van der Waals surface area contributed by atoms with Crippen molar-refractivity contribution in [2.45, 2.75) is 89.7 Å². The van der Waals surface area contributed by atoms with Gasteiger partial charge in [0.15, 0.2) is 18.2 Å². The van der Waals surface area contributed by atoms with Gasteiger partial charge in [-0.15, -0.1) is 0 Å². The molecule has 0 radical (unpaired) electrons. The highest BCUT2D eigenvalue weighted by atomic mass is 17.3. The molecule has 1 saturated carbocycles. The van der Waals surface area contributed by atoms with Gasteiger partial charge in [-0.25, -0.2) is 19.4 Å². The predicted molar refractivity (Wildman–Crippen MR) is 131 cm³/mol. The fraction of sp³-hybridized carbons (Fsp3) is 0.923. The summed E-state index contributed by atoms with van der Waals surface area (Å²) >= 11 is 0. The largest absolute Gasteiger partial charge is 0.473 e. The van der Waals surface area contributed by atoms with E-state index in [2.05, 4.69) is 24.1 Å². The number of nitrogens with zero attached hydrogens (tertiary/aromatic N) is 1. The summed E-state index contributed by atoms with van der Waals surface area (Å²) in [4.78, 5) is 32.8. The lowest BCUT2D eigenvalue weighted by Gasteiger charge is -2.60. The number of hydrogen-bond donors (Lipinski definition) is 3. The Bertz CT molecular complexity index is 782. The Labute approximate surface area is 219 Å². The lowest BCUT2D eigenvalue weighted by Crippen LogP contribution is -2.70. The van der Waals surface area contributed by atoms with E-state index in [1.807, 2.05) is 6.92 Å². The molecule has 0 unspecified atom stereocenters. The highest BCUT2D eigenvalue weighted by Crippen LogP contribution is 2.60. The minimum atomic E-state index is -1.82. The molecule has 6 aliphatic rings. The minimum Gasteiger partial charge on any atom is -0.473 e. The molecule has 5 aliphatic heterocycles. The molecule has 212 valence electrons. The van der Waals surface area contributed by atoms with Crippen LogP contribution in [-0.2, 0) is 33.6 Å². The van der Waals surface area contributed by atoms with E-state index in [9.17, 15) is 0 Å². The highest BCUT2D eigenvalue weighted by Gasteiger charge is 2.69. The highest BCUT2D eigenvalue weighted by molar-refractivity contribution is 6.27. The molecule has 6 fully saturated rings. The third kappa shape index (κ3) is 6.29. The second-order valence-electron chi connectivity index (χ2n) is 11.4. The van der Waals surface area contributed by atoms with Gasteiger partial charge >= 0.3 is 11.9 Å². The zero-order valence-electron chi connectivity index (χ0n) is 22.4. The number of ether oxygens (including phenoxy) is 3. The Morgan fingerprint density at radius 2 is 1.73 bits per heavy atom. The summed E-state index contributed by atoms with van der Waals surface area (Å²) in [5, 5.41) is 18.3. The number of carboxylic acid groups (broad SMARTS) is 2. The summed E-state index contributed by atoms with van der Waals surface area (Å²) in [6.07, 6.45) is 7.64. The van der Waals surface area contributed by atoms with Crippen LogP contribution in [0.2, 0.25) is 0 Å². The van der Waals surface area contributed by atoms with Crippen molar-refractivity contribution in [3.05, 3.63) is 0 Å². The number of rotatable bonds is 7. The second-order valence-corrected chi connectivity index (χ2v) is 11.4. The number of aliphatic carboxylic acids is 2. The zero-order chi connectivity index (χ0) is 26.6. The van der Waals surface area contributed by atoms with Crippen LogP contribution in [0.5, 0.6) is 0 Å². The van der Waals surface area contributed by atoms with Crippen LogP contribution in [-0.4, -0.2) is 90.4 Å². The average molecular weight is 529 g/mol. The molecule has 5 heterocycles. The molecule has 1 spiro atoms. The molecule has 0 amide bonds. The lowest BCUT2D eigenvalue weighted by molar-refractivity contribution is -0.577. The van der Waals surface area contributed by atoms with Crippen LogP contribution in [0.25, 0.3) is 0 Å². The number of likely N-dealkylation sites (tertiary alicyclic amines) is 1. The molecule has 0 aromatic carbocycles. The van der Waals surface area contributed by atoms with Gasteiger partial charge in [0.1, 0.15) is 0 Å². The number of fused-ring (bicyclic) bond motifs is 2. The van der Waals surface area contributed by atoms with E-state index in [-0.39, 0.29) is 12.2 Å². The Hall–Kier alpha value is -1.34. The Kier molecular flexibility index (Phi) is 9.48. The van der Waals surface area contributed by atoms with Crippen LogP contribution in [0.3, 0.4) is 0 Å². The molecule has 5 saturated heterocycles. The van der Waals surface area contributed by atoms with E-state index >= 15 is 0 Å². The van der Waals surface area contributed by atoms with Crippen molar-refractivity contribution >= 4 is 11.9 Å². The van der Waals surface area contributed by atoms with Gasteiger partial charge in [-0.3, -0.25) is 0 Å². The smallest absolute Gasteiger partial charge is 0.414 e. The topological polar surface area (TPSA) is 136 Å². The lowest BCUT2D eigenvalue weighted by atomic mass is 9.58. The van der Waals surface area contributed by atoms with Crippen LogP contribution in [0.15, 0.2) is 0 Å². The van der Waals surface area contributed by atoms with E-state index in [0.29, 0.717) is 24.4 Å². The molecule has 8 atom stereocenters. The monoisotopic (exact) mass is 528 g/mol. The van der Waals surface area contributed by atoms with Crippen molar-refractivity contribution in [1.29, 1.82) is 0 Å². The van der Waals surface area contributed by atoms with Crippen LogP contribution >= 0.6 is 0 Å². The molecule has 0 aromatic heterocycles. The number of piperidine rings is 1. The first kappa shape index (κ1) is 28.7. The summed E-state index contributed by atoms with van der Waals surface area (Å²) in [6, 6.07) is 0. The maximum atomic E-state index is 9.10. The first-order valence-electron chi connectivity index (χ1n) is 13.9. The standard InChI is InChI=1S/C24H42N2O5.C2H2O4/c1-17-7-8-20-18(2)21(27-16-12-25-11-15-26-13-5-4-6-14-26)28-22-24(20)19(17)9-10-23(3,29-22)30-31-24;3-1(4)2(5)6/h17-22,25H,4-16H2,1-3H3;(H,3,4)(H,5,6)/t17-,18-,19+,20+,21+,22-,23-,24-;/m1./s1. The molecular formula is C26H44N2O9. The van der Waals surface area contributed by atoms with Crippen LogP contribution in [0.1, 0.15) is 65.7 Å². The van der Waals surface area contributed by atoms with Gasteiger partial charge in [0.05, 0.1) is 6.61 Å². The van der Waals surface area contributed by atoms with Crippen LogP contribution < -0.4 is 5.32 Å².